The second-order valence-corrected chi connectivity index (χ2v) is 5.13. The third kappa shape index (κ3) is 2.67. The Morgan fingerprint density at radius 1 is 1.33 bits per heavy atom. The Morgan fingerprint density at radius 2 is 2.19 bits per heavy atom. The minimum atomic E-state index is 0.444. The Hall–Kier alpha value is -2.57. The molecule has 1 N–H and O–H groups in total. The minimum absolute atomic E-state index is 0.444. The van der Waals surface area contributed by atoms with Crippen molar-refractivity contribution in [3.8, 4) is 17.0 Å². The number of imidazole rings is 1. The maximum absolute atomic E-state index is 5.56. The van der Waals surface area contributed by atoms with Crippen molar-refractivity contribution in [2.45, 2.75) is 13.8 Å². The molecule has 110 valence electrons. The van der Waals surface area contributed by atoms with Crippen LogP contribution < -0.4 is 10.1 Å². The van der Waals surface area contributed by atoms with Crippen LogP contribution >= 0.6 is 0 Å². The molecule has 0 aliphatic carbocycles. The van der Waals surface area contributed by atoms with Crippen LogP contribution in [0.4, 0.5) is 6.01 Å². The van der Waals surface area contributed by atoms with Crippen LogP contribution in [0, 0.1) is 5.92 Å². The van der Waals surface area contributed by atoms with Crippen molar-refractivity contribution in [1.82, 2.24) is 19.6 Å². The smallest absolute Gasteiger partial charge is 0.326 e. The molecule has 0 saturated heterocycles. The molecule has 0 bridgehead atoms. The van der Waals surface area contributed by atoms with Crippen molar-refractivity contribution in [3.63, 3.8) is 0 Å². The van der Waals surface area contributed by atoms with Gasteiger partial charge in [-0.05, 0) is 12.0 Å². The lowest BCUT2D eigenvalue weighted by Gasteiger charge is -2.03. The standard InChI is InChI=1S/C14H17N5O2/c1-9(2)5-16-13-18-19-12(8-17-14(19)21-13)10-4-11(20-3)7-15-6-10/h4,6-9H,5H2,1-3H3,(H,16,18). The Morgan fingerprint density at radius 3 is 2.95 bits per heavy atom. The summed E-state index contributed by atoms with van der Waals surface area (Å²) in [6, 6.07) is 2.34. The molecule has 0 amide bonds. The zero-order chi connectivity index (χ0) is 14.8. The molecule has 0 saturated carbocycles. The maximum atomic E-state index is 5.56. The molecule has 3 aromatic rings. The van der Waals surface area contributed by atoms with Gasteiger partial charge in [-0.3, -0.25) is 4.98 Å². The molecule has 21 heavy (non-hydrogen) atoms. The highest BCUT2D eigenvalue weighted by Crippen LogP contribution is 2.24. The van der Waals surface area contributed by atoms with Crippen molar-refractivity contribution >= 4 is 11.9 Å². The van der Waals surface area contributed by atoms with E-state index in [0.29, 0.717) is 23.5 Å². The zero-order valence-corrected chi connectivity index (χ0v) is 12.2. The summed E-state index contributed by atoms with van der Waals surface area (Å²) < 4.78 is 12.4. The fourth-order valence-corrected chi connectivity index (χ4v) is 1.92. The first-order valence-electron chi connectivity index (χ1n) is 6.75. The largest absolute Gasteiger partial charge is 0.495 e. The lowest BCUT2D eigenvalue weighted by Crippen LogP contribution is -2.08. The summed E-state index contributed by atoms with van der Waals surface area (Å²) in [5, 5.41) is 7.53. The van der Waals surface area contributed by atoms with Gasteiger partial charge in [0.05, 0.1) is 25.2 Å². The molecule has 0 aromatic carbocycles. The van der Waals surface area contributed by atoms with Crippen LogP contribution in [0.5, 0.6) is 5.75 Å². The quantitative estimate of drug-likeness (QED) is 0.776. The zero-order valence-electron chi connectivity index (χ0n) is 12.2. The minimum Gasteiger partial charge on any atom is -0.495 e. The van der Waals surface area contributed by atoms with Gasteiger partial charge < -0.3 is 14.5 Å². The lowest BCUT2D eigenvalue weighted by atomic mass is 10.2. The van der Waals surface area contributed by atoms with Crippen molar-refractivity contribution in [2.75, 3.05) is 19.0 Å². The number of nitrogens with zero attached hydrogens (tertiary/aromatic N) is 4. The van der Waals surface area contributed by atoms with E-state index in [1.165, 1.54) is 0 Å². The molecule has 3 aromatic heterocycles. The number of ether oxygens (including phenoxy) is 1. The van der Waals surface area contributed by atoms with Gasteiger partial charge in [0.2, 0.25) is 0 Å². The second kappa shape index (κ2) is 5.43. The van der Waals surface area contributed by atoms with E-state index in [1.54, 1.807) is 30.2 Å². The van der Waals surface area contributed by atoms with E-state index >= 15 is 0 Å². The van der Waals surface area contributed by atoms with E-state index in [4.69, 9.17) is 9.15 Å². The van der Waals surface area contributed by atoms with Gasteiger partial charge >= 0.3 is 11.9 Å². The third-order valence-corrected chi connectivity index (χ3v) is 2.99. The number of fused-ring (bicyclic) bond motifs is 1. The number of pyridine rings is 1. The predicted octanol–water partition coefficient (Wildman–Crippen LogP) is 2.46. The number of nitrogens with one attached hydrogen (secondary N) is 1. The van der Waals surface area contributed by atoms with Crippen molar-refractivity contribution in [3.05, 3.63) is 24.7 Å². The van der Waals surface area contributed by atoms with E-state index < -0.39 is 0 Å². The van der Waals surface area contributed by atoms with Crippen LogP contribution in [0.15, 0.2) is 29.1 Å². The predicted molar refractivity (Wildman–Crippen MR) is 78.4 cm³/mol. The number of rotatable bonds is 5. The summed E-state index contributed by atoms with van der Waals surface area (Å²) in [5.74, 6) is 1.63. The first-order chi connectivity index (χ1) is 10.2. The summed E-state index contributed by atoms with van der Waals surface area (Å²) >= 11 is 0. The molecule has 0 radical (unpaired) electrons. The first kappa shape index (κ1) is 13.4. The average Bonchev–Trinajstić information content (AvgIpc) is 3.04. The van der Waals surface area contributed by atoms with E-state index in [1.807, 2.05) is 6.07 Å². The Kier molecular flexibility index (Phi) is 3.47. The fourth-order valence-electron chi connectivity index (χ4n) is 1.92. The monoisotopic (exact) mass is 287 g/mol. The van der Waals surface area contributed by atoms with Gasteiger partial charge in [-0.2, -0.15) is 4.52 Å². The molecule has 0 aliphatic rings. The molecule has 3 heterocycles. The highest BCUT2D eigenvalue weighted by molar-refractivity contribution is 5.62. The number of hydrogen-bond acceptors (Lipinski definition) is 6. The molecular formula is C14H17N5O2. The fraction of sp³-hybridized carbons (Fsp3) is 0.357. The highest BCUT2D eigenvalue weighted by atomic mass is 16.5. The molecule has 7 nitrogen and oxygen atoms in total. The summed E-state index contributed by atoms with van der Waals surface area (Å²) in [6.45, 7) is 5.03. The van der Waals surface area contributed by atoms with Crippen LogP contribution in [0.2, 0.25) is 0 Å². The number of methoxy groups -OCH3 is 1. The Balaban J connectivity index is 1.95. The number of anilines is 1. The molecule has 0 aliphatic heterocycles. The van der Waals surface area contributed by atoms with E-state index in [9.17, 15) is 0 Å². The molecule has 3 rings (SSSR count). The van der Waals surface area contributed by atoms with Gasteiger partial charge in [-0.25, -0.2) is 4.98 Å². The Labute approximate surface area is 122 Å². The molecule has 0 fully saturated rings. The van der Waals surface area contributed by atoms with E-state index in [2.05, 4.69) is 34.2 Å². The van der Waals surface area contributed by atoms with Crippen LogP contribution in [0.1, 0.15) is 13.8 Å². The van der Waals surface area contributed by atoms with Crippen LogP contribution in [0.3, 0.4) is 0 Å². The van der Waals surface area contributed by atoms with Crippen molar-refractivity contribution in [1.29, 1.82) is 0 Å². The van der Waals surface area contributed by atoms with Crippen molar-refractivity contribution < 1.29 is 9.15 Å². The van der Waals surface area contributed by atoms with Gasteiger partial charge in [0.25, 0.3) is 0 Å². The molecule has 0 unspecified atom stereocenters. The van der Waals surface area contributed by atoms with Gasteiger partial charge in [0.15, 0.2) is 0 Å². The van der Waals surface area contributed by atoms with Crippen LogP contribution in [-0.2, 0) is 0 Å². The molecule has 0 spiro atoms. The maximum Gasteiger partial charge on any atom is 0.326 e. The number of hydrogen-bond donors (Lipinski definition) is 1. The highest BCUT2D eigenvalue weighted by Gasteiger charge is 2.13. The summed E-state index contributed by atoms with van der Waals surface area (Å²) in [4.78, 5) is 8.37. The van der Waals surface area contributed by atoms with E-state index in [-0.39, 0.29) is 0 Å². The lowest BCUT2D eigenvalue weighted by molar-refractivity contribution is 0.413. The summed E-state index contributed by atoms with van der Waals surface area (Å²) in [5.41, 5.74) is 1.67. The SMILES string of the molecule is COc1cncc(-c2cnc3oc(NCC(C)C)nn23)c1. The van der Waals surface area contributed by atoms with Crippen LogP contribution in [0.25, 0.3) is 17.1 Å². The van der Waals surface area contributed by atoms with Crippen molar-refractivity contribution in [2.24, 2.45) is 5.92 Å². The van der Waals surface area contributed by atoms with Gasteiger partial charge in [0, 0.05) is 18.3 Å². The van der Waals surface area contributed by atoms with Gasteiger partial charge in [0.1, 0.15) is 5.75 Å². The third-order valence-electron chi connectivity index (χ3n) is 2.99. The average molecular weight is 287 g/mol. The summed E-state index contributed by atoms with van der Waals surface area (Å²) in [7, 11) is 1.61. The van der Waals surface area contributed by atoms with Crippen LogP contribution in [-0.4, -0.2) is 33.2 Å². The van der Waals surface area contributed by atoms with Gasteiger partial charge in [-0.1, -0.05) is 13.8 Å². The molecular weight excluding hydrogens is 270 g/mol. The second-order valence-electron chi connectivity index (χ2n) is 5.13. The Bertz CT molecular complexity index is 747. The topological polar surface area (TPSA) is 77.5 Å². The first-order valence-corrected chi connectivity index (χ1v) is 6.75. The molecule has 0 atom stereocenters. The summed E-state index contributed by atoms with van der Waals surface area (Å²) in [6.07, 6.45) is 5.09. The number of aromatic nitrogens is 4. The van der Waals surface area contributed by atoms with E-state index in [0.717, 1.165) is 17.8 Å². The van der Waals surface area contributed by atoms with Gasteiger partial charge in [-0.15, -0.1) is 5.10 Å². The normalized spacial score (nSPS) is 11.2. The molecule has 7 heteroatoms.